The van der Waals surface area contributed by atoms with E-state index in [4.69, 9.17) is 0 Å². The maximum Gasteiger partial charge on any atom is 0.227 e. The molecule has 0 aliphatic heterocycles. The number of rotatable bonds is 10. The fourth-order valence-electron chi connectivity index (χ4n) is 3.76. The number of amides is 2. The van der Waals surface area contributed by atoms with Gasteiger partial charge in [-0.3, -0.25) is 9.59 Å². The Balaban J connectivity index is 1.82. The summed E-state index contributed by atoms with van der Waals surface area (Å²) in [6.07, 6.45) is 6.21. The van der Waals surface area contributed by atoms with Crippen molar-refractivity contribution in [2.45, 2.75) is 58.9 Å². The molecule has 2 amide bonds. The molecule has 1 N–H and O–H groups in total. The van der Waals surface area contributed by atoms with E-state index in [9.17, 15) is 9.59 Å². The topological polar surface area (TPSA) is 52.7 Å². The first kappa shape index (κ1) is 20.7. The molecule has 0 spiro atoms. The van der Waals surface area contributed by atoms with Gasteiger partial charge in [0.25, 0.3) is 0 Å². The number of hydrogen-bond donors (Lipinski definition) is 1. The van der Waals surface area contributed by atoms with Crippen molar-refractivity contribution in [2.75, 3.05) is 30.9 Å². The summed E-state index contributed by atoms with van der Waals surface area (Å²) < 4.78 is 0. The summed E-state index contributed by atoms with van der Waals surface area (Å²) in [5.74, 6) is 1.32. The molecule has 1 aromatic rings. The minimum absolute atomic E-state index is 0.0966. The van der Waals surface area contributed by atoms with E-state index < -0.39 is 0 Å². The van der Waals surface area contributed by atoms with Crippen LogP contribution in [-0.4, -0.2) is 37.4 Å². The molecule has 0 heterocycles. The molecule has 0 radical (unpaired) electrons. The van der Waals surface area contributed by atoms with Gasteiger partial charge in [0, 0.05) is 50.4 Å². The third kappa shape index (κ3) is 5.27. The van der Waals surface area contributed by atoms with Gasteiger partial charge in [-0.05, 0) is 68.2 Å². The monoisotopic (exact) mass is 385 g/mol. The van der Waals surface area contributed by atoms with Crippen LogP contribution in [-0.2, 0) is 16.1 Å². The Morgan fingerprint density at radius 3 is 2.32 bits per heavy atom. The van der Waals surface area contributed by atoms with Gasteiger partial charge >= 0.3 is 0 Å². The number of benzene rings is 1. The van der Waals surface area contributed by atoms with Crippen LogP contribution in [0.2, 0.25) is 0 Å². The standard InChI is InChI=1S/C23H35N3O2/c1-5-17(6-2)23(28)26(14-16-7-8-16)15-19-13-20(11-12-21(19)25(3)4)24-22(27)18-9-10-18/h11-13,16-18H,5-10,14-15H2,1-4H3,(H,24,27). The van der Waals surface area contributed by atoms with E-state index in [2.05, 4.69) is 41.1 Å². The summed E-state index contributed by atoms with van der Waals surface area (Å²) in [5.41, 5.74) is 3.03. The Kier molecular flexibility index (Phi) is 6.63. The van der Waals surface area contributed by atoms with Crippen molar-refractivity contribution in [1.82, 2.24) is 4.90 Å². The smallest absolute Gasteiger partial charge is 0.227 e. The van der Waals surface area contributed by atoms with Crippen molar-refractivity contribution in [3.05, 3.63) is 23.8 Å². The van der Waals surface area contributed by atoms with Gasteiger partial charge in [0.1, 0.15) is 0 Å². The quantitative estimate of drug-likeness (QED) is 0.654. The van der Waals surface area contributed by atoms with Crippen molar-refractivity contribution >= 4 is 23.2 Å². The van der Waals surface area contributed by atoms with E-state index in [1.807, 2.05) is 20.2 Å². The number of carbonyl (C=O) groups is 2. The van der Waals surface area contributed by atoms with Gasteiger partial charge in [0.05, 0.1) is 0 Å². The van der Waals surface area contributed by atoms with Gasteiger partial charge in [0.2, 0.25) is 11.8 Å². The van der Waals surface area contributed by atoms with Gasteiger partial charge in [-0.15, -0.1) is 0 Å². The molecular formula is C23H35N3O2. The summed E-state index contributed by atoms with van der Waals surface area (Å²) in [7, 11) is 4.05. The van der Waals surface area contributed by atoms with Crippen molar-refractivity contribution in [3.8, 4) is 0 Å². The van der Waals surface area contributed by atoms with Crippen LogP contribution >= 0.6 is 0 Å². The first-order valence-electron chi connectivity index (χ1n) is 10.8. The zero-order chi connectivity index (χ0) is 20.3. The average Bonchev–Trinajstić information content (AvgIpc) is 3.55. The first-order chi connectivity index (χ1) is 13.4. The Bertz CT molecular complexity index is 704. The number of nitrogens with zero attached hydrogens (tertiary/aromatic N) is 2. The lowest BCUT2D eigenvalue weighted by molar-refractivity contribution is -0.136. The number of carbonyl (C=O) groups excluding carboxylic acids is 2. The zero-order valence-corrected chi connectivity index (χ0v) is 17.8. The molecule has 3 rings (SSSR count). The third-order valence-corrected chi connectivity index (χ3v) is 5.96. The second kappa shape index (κ2) is 8.97. The first-order valence-corrected chi connectivity index (χ1v) is 10.8. The molecule has 0 unspecified atom stereocenters. The van der Waals surface area contributed by atoms with Gasteiger partial charge in [-0.1, -0.05) is 13.8 Å². The third-order valence-electron chi connectivity index (χ3n) is 5.96. The number of nitrogens with one attached hydrogen (secondary N) is 1. The van der Waals surface area contributed by atoms with E-state index in [0.717, 1.165) is 49.2 Å². The van der Waals surface area contributed by atoms with Gasteiger partial charge in [-0.2, -0.15) is 0 Å². The van der Waals surface area contributed by atoms with Crippen LogP contribution in [0.15, 0.2) is 18.2 Å². The van der Waals surface area contributed by atoms with Crippen LogP contribution in [0.1, 0.15) is 57.9 Å². The minimum atomic E-state index is 0.0966. The zero-order valence-electron chi connectivity index (χ0n) is 17.8. The van der Waals surface area contributed by atoms with Crippen LogP contribution in [0.3, 0.4) is 0 Å². The Morgan fingerprint density at radius 2 is 1.79 bits per heavy atom. The van der Waals surface area contributed by atoms with Gasteiger partial charge in [-0.25, -0.2) is 0 Å². The average molecular weight is 386 g/mol. The van der Waals surface area contributed by atoms with Crippen LogP contribution < -0.4 is 10.2 Å². The fourth-order valence-corrected chi connectivity index (χ4v) is 3.76. The normalized spacial score (nSPS) is 16.2. The summed E-state index contributed by atoms with van der Waals surface area (Å²) in [5, 5.41) is 3.05. The lowest BCUT2D eigenvalue weighted by Gasteiger charge is -2.29. The Labute approximate surface area is 169 Å². The maximum absolute atomic E-state index is 13.2. The number of hydrogen-bond acceptors (Lipinski definition) is 3. The highest BCUT2D eigenvalue weighted by Crippen LogP contribution is 2.33. The van der Waals surface area contributed by atoms with Crippen LogP contribution in [0, 0.1) is 17.8 Å². The van der Waals surface area contributed by atoms with Crippen molar-refractivity contribution in [2.24, 2.45) is 17.8 Å². The summed E-state index contributed by atoms with van der Waals surface area (Å²) in [6, 6.07) is 6.07. The molecule has 28 heavy (non-hydrogen) atoms. The second-order valence-electron chi connectivity index (χ2n) is 8.68. The Morgan fingerprint density at radius 1 is 1.11 bits per heavy atom. The van der Waals surface area contributed by atoms with E-state index in [-0.39, 0.29) is 23.7 Å². The van der Waals surface area contributed by atoms with E-state index >= 15 is 0 Å². The SMILES string of the molecule is CCC(CC)C(=O)N(Cc1cc(NC(=O)C2CC2)ccc1N(C)C)CC1CC1. The lowest BCUT2D eigenvalue weighted by atomic mass is 10.0. The molecule has 0 atom stereocenters. The highest BCUT2D eigenvalue weighted by Gasteiger charge is 2.31. The maximum atomic E-state index is 13.2. The number of anilines is 2. The molecule has 154 valence electrons. The molecule has 0 aromatic heterocycles. The molecular weight excluding hydrogens is 350 g/mol. The van der Waals surface area contributed by atoms with Crippen LogP contribution in [0.4, 0.5) is 11.4 Å². The summed E-state index contributed by atoms with van der Waals surface area (Å²) in [4.78, 5) is 29.5. The highest BCUT2D eigenvalue weighted by atomic mass is 16.2. The molecule has 0 saturated heterocycles. The van der Waals surface area contributed by atoms with E-state index in [1.165, 1.54) is 12.8 Å². The fraction of sp³-hybridized carbons (Fsp3) is 0.652. The van der Waals surface area contributed by atoms with Crippen molar-refractivity contribution < 1.29 is 9.59 Å². The molecule has 5 heteroatoms. The van der Waals surface area contributed by atoms with Gasteiger partial charge in [0.15, 0.2) is 0 Å². The molecule has 2 saturated carbocycles. The molecule has 0 bridgehead atoms. The predicted molar refractivity (Wildman–Crippen MR) is 114 cm³/mol. The Hall–Kier alpha value is -2.04. The van der Waals surface area contributed by atoms with Crippen LogP contribution in [0.5, 0.6) is 0 Å². The minimum Gasteiger partial charge on any atom is -0.377 e. The molecule has 1 aromatic carbocycles. The largest absolute Gasteiger partial charge is 0.377 e. The summed E-state index contributed by atoms with van der Waals surface area (Å²) >= 11 is 0. The van der Waals surface area contributed by atoms with Crippen molar-refractivity contribution in [1.29, 1.82) is 0 Å². The molecule has 5 nitrogen and oxygen atoms in total. The lowest BCUT2D eigenvalue weighted by Crippen LogP contribution is -2.37. The molecule has 2 aliphatic rings. The van der Waals surface area contributed by atoms with Crippen molar-refractivity contribution in [3.63, 3.8) is 0 Å². The predicted octanol–water partition coefficient (Wildman–Crippen LogP) is 4.28. The highest BCUT2D eigenvalue weighted by molar-refractivity contribution is 5.94. The second-order valence-corrected chi connectivity index (χ2v) is 8.68. The van der Waals surface area contributed by atoms with E-state index in [1.54, 1.807) is 0 Å². The molecule has 2 fully saturated rings. The summed E-state index contributed by atoms with van der Waals surface area (Å²) in [6.45, 7) is 5.65. The van der Waals surface area contributed by atoms with Gasteiger partial charge < -0.3 is 15.1 Å². The van der Waals surface area contributed by atoms with Crippen LogP contribution in [0.25, 0.3) is 0 Å². The van der Waals surface area contributed by atoms with E-state index in [0.29, 0.717) is 12.5 Å². The molecule has 2 aliphatic carbocycles.